The minimum atomic E-state index is 0.0748. The number of H-pyrrole nitrogens is 1. The van der Waals surface area contributed by atoms with Crippen LogP contribution < -0.4 is 0 Å². The summed E-state index contributed by atoms with van der Waals surface area (Å²) in [4.78, 5) is 20.5. The van der Waals surface area contributed by atoms with E-state index in [2.05, 4.69) is 24.0 Å². The van der Waals surface area contributed by atoms with Crippen molar-refractivity contribution in [2.45, 2.75) is 39.0 Å². The molecule has 0 aliphatic rings. The average molecular weight is 288 g/mol. The number of hydrogen-bond acceptors (Lipinski definition) is 2. The van der Waals surface area contributed by atoms with E-state index in [1.54, 1.807) is 7.11 Å². The van der Waals surface area contributed by atoms with Gasteiger partial charge in [-0.25, -0.2) is 5.06 Å². The van der Waals surface area contributed by atoms with Crippen LogP contribution in [-0.2, 0) is 16.1 Å². The second-order valence-corrected chi connectivity index (χ2v) is 5.25. The summed E-state index contributed by atoms with van der Waals surface area (Å²) in [7, 11) is 1.56. The van der Waals surface area contributed by atoms with Gasteiger partial charge in [-0.1, -0.05) is 38.0 Å². The molecule has 0 aliphatic heterocycles. The van der Waals surface area contributed by atoms with E-state index in [-0.39, 0.29) is 5.91 Å². The van der Waals surface area contributed by atoms with Crippen molar-refractivity contribution in [3.05, 3.63) is 36.0 Å². The minimum absolute atomic E-state index is 0.0748. The van der Waals surface area contributed by atoms with Crippen molar-refractivity contribution in [3.63, 3.8) is 0 Å². The molecule has 1 heterocycles. The number of fused-ring (bicyclic) bond motifs is 1. The molecule has 0 unspecified atom stereocenters. The molecule has 2 rings (SSSR count). The third-order valence-corrected chi connectivity index (χ3v) is 3.75. The molecule has 0 saturated heterocycles. The van der Waals surface area contributed by atoms with Crippen molar-refractivity contribution < 1.29 is 9.63 Å². The average Bonchev–Trinajstić information content (AvgIpc) is 2.92. The summed E-state index contributed by atoms with van der Waals surface area (Å²) >= 11 is 0. The molecular weight excluding hydrogens is 264 g/mol. The molecule has 0 atom stereocenters. The molecule has 1 aromatic carbocycles. The van der Waals surface area contributed by atoms with Gasteiger partial charge in [-0.05, 0) is 24.5 Å². The highest BCUT2D eigenvalue weighted by Gasteiger charge is 2.13. The monoisotopic (exact) mass is 288 g/mol. The van der Waals surface area contributed by atoms with E-state index >= 15 is 0 Å². The summed E-state index contributed by atoms with van der Waals surface area (Å²) in [6, 6.07) is 8.20. The van der Waals surface area contributed by atoms with Crippen LogP contribution in [0.3, 0.4) is 0 Å². The summed E-state index contributed by atoms with van der Waals surface area (Å²) in [6.07, 6.45) is 6.51. The Morgan fingerprint density at radius 1 is 1.29 bits per heavy atom. The van der Waals surface area contributed by atoms with Gasteiger partial charge in [0.15, 0.2) is 0 Å². The number of aromatic nitrogens is 1. The van der Waals surface area contributed by atoms with E-state index in [0.29, 0.717) is 13.0 Å². The van der Waals surface area contributed by atoms with Crippen molar-refractivity contribution >= 4 is 16.8 Å². The second kappa shape index (κ2) is 7.84. The van der Waals surface area contributed by atoms with Crippen LogP contribution in [0.4, 0.5) is 0 Å². The standard InChI is InChI=1S/C17H24N2O2/c1-3-4-5-10-17(20)19(21-2)12-11-14-13-18-16-9-7-6-8-15(14)16/h6-9,13,18H,3-5,10-12H2,1-2H3. The van der Waals surface area contributed by atoms with E-state index in [1.165, 1.54) is 16.0 Å². The van der Waals surface area contributed by atoms with Crippen molar-refractivity contribution in [1.29, 1.82) is 0 Å². The fourth-order valence-electron chi connectivity index (χ4n) is 2.53. The number of aromatic amines is 1. The molecular formula is C17H24N2O2. The molecule has 0 radical (unpaired) electrons. The molecule has 21 heavy (non-hydrogen) atoms. The highest BCUT2D eigenvalue weighted by atomic mass is 16.7. The number of amides is 1. The smallest absolute Gasteiger partial charge is 0.246 e. The number of para-hydroxylation sites is 1. The number of unbranched alkanes of at least 4 members (excludes halogenated alkanes) is 2. The largest absolute Gasteiger partial charge is 0.361 e. The van der Waals surface area contributed by atoms with E-state index < -0.39 is 0 Å². The van der Waals surface area contributed by atoms with Crippen LogP contribution in [0.2, 0.25) is 0 Å². The molecule has 1 aromatic heterocycles. The third kappa shape index (κ3) is 4.08. The predicted molar refractivity (Wildman–Crippen MR) is 84.9 cm³/mol. The first-order valence-corrected chi connectivity index (χ1v) is 7.65. The molecule has 0 bridgehead atoms. The maximum atomic E-state index is 12.1. The van der Waals surface area contributed by atoms with Gasteiger partial charge >= 0.3 is 0 Å². The molecule has 2 aromatic rings. The minimum Gasteiger partial charge on any atom is -0.361 e. The van der Waals surface area contributed by atoms with Crippen LogP contribution in [0.15, 0.2) is 30.5 Å². The van der Waals surface area contributed by atoms with Gasteiger partial charge in [-0.15, -0.1) is 0 Å². The number of benzene rings is 1. The fourth-order valence-corrected chi connectivity index (χ4v) is 2.53. The molecule has 0 spiro atoms. The van der Waals surface area contributed by atoms with E-state index in [0.717, 1.165) is 31.2 Å². The zero-order valence-electron chi connectivity index (χ0n) is 12.9. The van der Waals surface area contributed by atoms with Crippen LogP contribution in [-0.4, -0.2) is 29.6 Å². The van der Waals surface area contributed by atoms with Gasteiger partial charge in [0.05, 0.1) is 13.7 Å². The first-order chi connectivity index (χ1) is 10.3. The lowest BCUT2D eigenvalue weighted by Gasteiger charge is -2.19. The SMILES string of the molecule is CCCCCC(=O)N(CCc1c[nH]c2ccccc12)OC. The van der Waals surface area contributed by atoms with Gasteiger partial charge in [0.2, 0.25) is 5.91 Å². The topological polar surface area (TPSA) is 45.3 Å². The lowest BCUT2D eigenvalue weighted by atomic mass is 10.1. The van der Waals surface area contributed by atoms with Crippen LogP contribution in [0.1, 0.15) is 38.2 Å². The van der Waals surface area contributed by atoms with Crippen molar-refractivity contribution in [1.82, 2.24) is 10.0 Å². The normalized spacial score (nSPS) is 11.0. The third-order valence-electron chi connectivity index (χ3n) is 3.75. The van der Waals surface area contributed by atoms with Crippen LogP contribution in [0, 0.1) is 0 Å². The molecule has 1 N–H and O–H groups in total. The quantitative estimate of drug-likeness (QED) is 0.595. The maximum Gasteiger partial charge on any atom is 0.246 e. The van der Waals surface area contributed by atoms with Crippen LogP contribution in [0.5, 0.6) is 0 Å². The Balaban J connectivity index is 1.92. The zero-order chi connectivity index (χ0) is 15.1. The molecule has 0 aliphatic carbocycles. The molecule has 0 fully saturated rings. The number of hydroxylamine groups is 2. The number of hydrogen-bond donors (Lipinski definition) is 1. The highest BCUT2D eigenvalue weighted by Crippen LogP contribution is 2.18. The number of nitrogens with zero attached hydrogens (tertiary/aromatic N) is 1. The molecule has 4 heteroatoms. The number of carbonyl (C=O) groups is 1. The van der Waals surface area contributed by atoms with Gasteiger partial charge in [-0.2, -0.15) is 0 Å². The van der Waals surface area contributed by atoms with E-state index in [9.17, 15) is 4.79 Å². The fraction of sp³-hybridized carbons (Fsp3) is 0.471. The lowest BCUT2D eigenvalue weighted by Crippen LogP contribution is -2.31. The number of rotatable bonds is 8. The summed E-state index contributed by atoms with van der Waals surface area (Å²) < 4.78 is 0. The van der Waals surface area contributed by atoms with Crippen LogP contribution in [0.25, 0.3) is 10.9 Å². The van der Waals surface area contributed by atoms with Crippen molar-refractivity contribution in [2.75, 3.05) is 13.7 Å². The Morgan fingerprint density at radius 2 is 2.10 bits per heavy atom. The second-order valence-electron chi connectivity index (χ2n) is 5.25. The van der Waals surface area contributed by atoms with Crippen molar-refractivity contribution in [3.8, 4) is 0 Å². The molecule has 1 amide bonds. The number of nitrogens with one attached hydrogen (secondary N) is 1. The Hall–Kier alpha value is -1.81. The van der Waals surface area contributed by atoms with Crippen LogP contribution >= 0.6 is 0 Å². The maximum absolute atomic E-state index is 12.1. The van der Waals surface area contributed by atoms with Gasteiger partial charge in [0.1, 0.15) is 0 Å². The van der Waals surface area contributed by atoms with Gasteiger partial charge in [0.25, 0.3) is 0 Å². The summed E-state index contributed by atoms with van der Waals surface area (Å²) in [5.41, 5.74) is 2.35. The van der Waals surface area contributed by atoms with Gasteiger partial charge in [-0.3, -0.25) is 9.63 Å². The van der Waals surface area contributed by atoms with E-state index in [1.807, 2.05) is 18.3 Å². The van der Waals surface area contributed by atoms with Crippen molar-refractivity contribution in [2.24, 2.45) is 0 Å². The van der Waals surface area contributed by atoms with E-state index in [4.69, 9.17) is 4.84 Å². The summed E-state index contributed by atoms with van der Waals surface area (Å²) in [5.74, 6) is 0.0748. The zero-order valence-corrected chi connectivity index (χ0v) is 12.9. The Morgan fingerprint density at radius 3 is 2.86 bits per heavy atom. The first kappa shape index (κ1) is 15.6. The summed E-state index contributed by atoms with van der Waals surface area (Å²) in [5, 5.41) is 2.70. The Labute approximate surface area is 126 Å². The molecule has 4 nitrogen and oxygen atoms in total. The Kier molecular flexibility index (Phi) is 5.81. The lowest BCUT2D eigenvalue weighted by molar-refractivity contribution is -0.175. The Bertz CT molecular complexity index is 577. The van der Waals surface area contributed by atoms with Gasteiger partial charge < -0.3 is 4.98 Å². The molecule has 0 saturated carbocycles. The predicted octanol–water partition coefficient (Wildman–Crippen LogP) is 3.68. The molecule has 114 valence electrons. The summed E-state index contributed by atoms with van der Waals surface area (Å²) in [6.45, 7) is 2.72. The number of carbonyl (C=O) groups excluding carboxylic acids is 1. The van der Waals surface area contributed by atoms with Gasteiger partial charge in [0, 0.05) is 23.5 Å². The highest BCUT2D eigenvalue weighted by molar-refractivity contribution is 5.83. The first-order valence-electron chi connectivity index (χ1n) is 7.65.